The third-order valence-corrected chi connectivity index (χ3v) is 7.37. The van der Waals surface area contributed by atoms with Gasteiger partial charge in [0, 0.05) is 17.7 Å². The van der Waals surface area contributed by atoms with Gasteiger partial charge in [-0.05, 0) is 111 Å². The van der Waals surface area contributed by atoms with Gasteiger partial charge in [-0.1, -0.05) is 36.1 Å². The van der Waals surface area contributed by atoms with E-state index >= 15 is 0 Å². The molecule has 2 aromatic carbocycles. The van der Waals surface area contributed by atoms with E-state index in [-0.39, 0.29) is 5.82 Å². The topological polar surface area (TPSA) is 9.23 Å². The van der Waals surface area contributed by atoms with E-state index in [2.05, 4.69) is 49.6 Å². The highest BCUT2D eigenvalue weighted by Gasteiger charge is 2.36. The maximum Gasteiger partial charge on any atom is 0.127 e. The summed E-state index contributed by atoms with van der Waals surface area (Å²) in [5.74, 6) is 8.50. The summed E-state index contributed by atoms with van der Waals surface area (Å²) in [5, 5.41) is 0. The van der Waals surface area contributed by atoms with Crippen LogP contribution in [0.4, 0.5) is 4.39 Å². The molecule has 0 spiro atoms. The lowest BCUT2D eigenvalue weighted by atomic mass is 9.65. The van der Waals surface area contributed by atoms with Crippen molar-refractivity contribution in [3.63, 3.8) is 0 Å². The summed E-state index contributed by atoms with van der Waals surface area (Å²) < 4.78 is 20.1. The molecule has 0 bridgehead atoms. The van der Waals surface area contributed by atoms with Crippen LogP contribution >= 0.6 is 0 Å². The van der Waals surface area contributed by atoms with Crippen LogP contribution in [-0.2, 0) is 11.2 Å². The molecule has 32 heavy (non-hydrogen) atoms. The highest BCUT2D eigenvalue weighted by molar-refractivity contribution is 5.44. The Labute approximate surface area is 193 Å². The number of aryl methyl sites for hydroxylation is 1. The second-order valence-electron chi connectivity index (χ2n) is 9.43. The molecule has 0 aliphatic heterocycles. The summed E-state index contributed by atoms with van der Waals surface area (Å²) in [5.41, 5.74) is 3.87. The largest absolute Gasteiger partial charge is 0.378 e. The minimum absolute atomic E-state index is 0.181. The lowest BCUT2D eigenvalue weighted by molar-refractivity contribution is -0.00955. The summed E-state index contributed by atoms with van der Waals surface area (Å²) in [4.78, 5) is 0. The van der Waals surface area contributed by atoms with Gasteiger partial charge in [-0.25, -0.2) is 4.39 Å². The molecule has 2 aliphatic carbocycles. The van der Waals surface area contributed by atoms with E-state index in [0.29, 0.717) is 18.4 Å². The van der Waals surface area contributed by atoms with Gasteiger partial charge >= 0.3 is 0 Å². The fourth-order valence-electron chi connectivity index (χ4n) is 5.60. The maximum absolute atomic E-state index is 14.2. The molecule has 4 atom stereocenters. The van der Waals surface area contributed by atoms with E-state index in [4.69, 9.17) is 4.74 Å². The number of hydrogen-bond acceptors (Lipinski definition) is 1. The highest BCUT2D eigenvalue weighted by atomic mass is 19.1. The fraction of sp³-hybridized carbons (Fsp3) is 0.467. The standard InChI is InChI=1S/C30H35FO/c1-3-5-6-25-14-11-23(19-30(25)31)8-7-22-9-12-24(13-10-22)26-15-16-28-21-29(32-4-2)18-17-27(28)20-26/h3,9-14,19,26-29H,1,4-6,15-18,20-21H2,2H3. The van der Waals surface area contributed by atoms with Crippen molar-refractivity contribution in [3.05, 3.63) is 83.2 Å². The molecule has 2 saturated carbocycles. The minimum atomic E-state index is -0.181. The van der Waals surface area contributed by atoms with Crippen molar-refractivity contribution < 1.29 is 9.13 Å². The molecule has 2 aromatic rings. The molecule has 168 valence electrons. The van der Waals surface area contributed by atoms with Crippen LogP contribution in [0.25, 0.3) is 0 Å². The van der Waals surface area contributed by atoms with Crippen LogP contribution in [0, 0.1) is 29.5 Å². The predicted molar refractivity (Wildman–Crippen MR) is 130 cm³/mol. The lowest BCUT2D eigenvalue weighted by Gasteiger charge is -2.42. The van der Waals surface area contributed by atoms with Gasteiger partial charge in [-0.15, -0.1) is 6.58 Å². The first-order valence-corrected chi connectivity index (χ1v) is 12.3. The fourth-order valence-corrected chi connectivity index (χ4v) is 5.60. The minimum Gasteiger partial charge on any atom is -0.378 e. The molecule has 0 aromatic heterocycles. The van der Waals surface area contributed by atoms with Crippen molar-refractivity contribution in [2.24, 2.45) is 11.8 Å². The van der Waals surface area contributed by atoms with Crippen molar-refractivity contribution in [1.82, 2.24) is 0 Å². The van der Waals surface area contributed by atoms with E-state index in [1.807, 2.05) is 18.2 Å². The summed E-state index contributed by atoms with van der Waals surface area (Å²) in [6.45, 7) is 6.65. The molecule has 2 heteroatoms. The van der Waals surface area contributed by atoms with E-state index in [9.17, 15) is 4.39 Å². The van der Waals surface area contributed by atoms with Gasteiger partial charge in [-0.3, -0.25) is 0 Å². The van der Waals surface area contributed by atoms with E-state index < -0.39 is 0 Å². The molecule has 0 heterocycles. The van der Waals surface area contributed by atoms with Gasteiger partial charge in [0.25, 0.3) is 0 Å². The Hall–Kier alpha value is -2.37. The first kappa shape index (κ1) is 22.8. The zero-order valence-electron chi connectivity index (χ0n) is 19.3. The quantitative estimate of drug-likeness (QED) is 0.342. The Morgan fingerprint density at radius 3 is 2.44 bits per heavy atom. The average Bonchev–Trinajstić information content (AvgIpc) is 2.82. The van der Waals surface area contributed by atoms with Crippen molar-refractivity contribution in [2.75, 3.05) is 6.61 Å². The van der Waals surface area contributed by atoms with Crippen LogP contribution in [0.5, 0.6) is 0 Å². The first-order valence-electron chi connectivity index (χ1n) is 12.3. The number of halogens is 1. The molecule has 1 nitrogen and oxygen atoms in total. The molecule has 2 aliphatic rings. The number of ether oxygens (including phenoxy) is 1. The van der Waals surface area contributed by atoms with Gasteiger partial charge in [0.2, 0.25) is 0 Å². The van der Waals surface area contributed by atoms with Gasteiger partial charge in [0.05, 0.1) is 6.10 Å². The van der Waals surface area contributed by atoms with Crippen molar-refractivity contribution >= 4 is 0 Å². The predicted octanol–water partition coefficient (Wildman–Crippen LogP) is 7.43. The van der Waals surface area contributed by atoms with Gasteiger partial charge < -0.3 is 4.74 Å². The second-order valence-corrected chi connectivity index (χ2v) is 9.43. The molecular formula is C30H35FO. The highest BCUT2D eigenvalue weighted by Crippen LogP contribution is 2.46. The monoisotopic (exact) mass is 430 g/mol. The first-order chi connectivity index (χ1) is 15.7. The Morgan fingerprint density at radius 2 is 1.69 bits per heavy atom. The molecule has 0 amide bonds. The van der Waals surface area contributed by atoms with Crippen LogP contribution in [-0.4, -0.2) is 12.7 Å². The van der Waals surface area contributed by atoms with Crippen molar-refractivity contribution in [2.45, 2.75) is 70.3 Å². The normalized spacial score (nSPS) is 24.8. The number of allylic oxidation sites excluding steroid dienone is 1. The summed E-state index contributed by atoms with van der Waals surface area (Å²) in [6.07, 6.45) is 11.5. The smallest absolute Gasteiger partial charge is 0.127 e. The van der Waals surface area contributed by atoms with E-state index in [1.54, 1.807) is 6.07 Å². The number of hydrogen-bond donors (Lipinski definition) is 0. The summed E-state index contributed by atoms with van der Waals surface area (Å²) in [7, 11) is 0. The van der Waals surface area contributed by atoms with Crippen LogP contribution in [0.15, 0.2) is 55.1 Å². The van der Waals surface area contributed by atoms with Crippen LogP contribution < -0.4 is 0 Å². The van der Waals surface area contributed by atoms with Crippen molar-refractivity contribution in [1.29, 1.82) is 0 Å². The Bertz CT molecular complexity index is 965. The lowest BCUT2D eigenvalue weighted by Crippen LogP contribution is -2.33. The van der Waals surface area contributed by atoms with Gasteiger partial charge in [0.1, 0.15) is 5.82 Å². The summed E-state index contributed by atoms with van der Waals surface area (Å²) >= 11 is 0. The third-order valence-electron chi connectivity index (χ3n) is 7.37. The average molecular weight is 431 g/mol. The van der Waals surface area contributed by atoms with Crippen LogP contribution in [0.3, 0.4) is 0 Å². The zero-order valence-corrected chi connectivity index (χ0v) is 19.3. The van der Waals surface area contributed by atoms with Crippen molar-refractivity contribution in [3.8, 4) is 11.8 Å². The van der Waals surface area contributed by atoms with Crippen LogP contribution in [0.2, 0.25) is 0 Å². The van der Waals surface area contributed by atoms with Gasteiger partial charge in [-0.2, -0.15) is 0 Å². The summed E-state index contributed by atoms with van der Waals surface area (Å²) in [6, 6.07) is 14.0. The molecule has 0 saturated heterocycles. The number of benzene rings is 2. The zero-order chi connectivity index (χ0) is 22.3. The molecule has 2 fully saturated rings. The molecule has 4 rings (SSSR count). The van der Waals surface area contributed by atoms with Crippen LogP contribution in [0.1, 0.15) is 80.0 Å². The molecule has 0 radical (unpaired) electrons. The number of fused-ring (bicyclic) bond motifs is 1. The van der Waals surface area contributed by atoms with Gasteiger partial charge in [0.15, 0.2) is 0 Å². The van der Waals surface area contributed by atoms with E-state index in [0.717, 1.165) is 41.6 Å². The Morgan fingerprint density at radius 1 is 0.969 bits per heavy atom. The third kappa shape index (κ3) is 5.70. The Kier molecular flexibility index (Phi) is 7.82. The number of rotatable bonds is 6. The molecule has 0 N–H and O–H groups in total. The molecule has 4 unspecified atom stereocenters. The maximum atomic E-state index is 14.2. The SMILES string of the molecule is C=CCCc1ccc(C#Cc2ccc(C3CCC4CC(OCC)CCC4C3)cc2)cc1F. The second kappa shape index (κ2) is 11.0. The Balaban J connectivity index is 1.35. The molecular weight excluding hydrogens is 395 g/mol. The van der Waals surface area contributed by atoms with E-state index in [1.165, 1.54) is 44.1 Å².